The Kier molecular flexibility index (Phi) is 5.68. The number of aromatic nitrogens is 3. The molecular formula is C24H21FN4O3. The predicted molar refractivity (Wildman–Crippen MR) is 119 cm³/mol. The summed E-state index contributed by atoms with van der Waals surface area (Å²) in [6.45, 7) is 5.30. The molecule has 4 rings (SSSR count). The van der Waals surface area contributed by atoms with Gasteiger partial charge in [0.15, 0.2) is 0 Å². The molecule has 32 heavy (non-hydrogen) atoms. The summed E-state index contributed by atoms with van der Waals surface area (Å²) < 4.78 is 19.9. The van der Waals surface area contributed by atoms with E-state index in [1.54, 1.807) is 26.0 Å². The molecule has 0 atom stereocenters. The smallest absolute Gasteiger partial charge is 0.264 e. The maximum absolute atomic E-state index is 13.2. The van der Waals surface area contributed by atoms with Crippen LogP contribution in [0, 0.1) is 26.6 Å². The number of hydrogen-bond donors (Lipinski definition) is 1. The molecule has 7 nitrogen and oxygen atoms in total. The van der Waals surface area contributed by atoms with Crippen molar-refractivity contribution in [3.8, 4) is 22.8 Å². The van der Waals surface area contributed by atoms with Crippen LogP contribution >= 0.6 is 0 Å². The zero-order valence-electron chi connectivity index (χ0n) is 17.8. The molecule has 162 valence electrons. The zero-order chi connectivity index (χ0) is 22.8. The topological polar surface area (TPSA) is 90.0 Å². The molecule has 4 aromatic rings. The van der Waals surface area contributed by atoms with Crippen LogP contribution in [0.5, 0.6) is 0 Å². The van der Waals surface area contributed by atoms with Gasteiger partial charge in [0, 0.05) is 16.9 Å². The van der Waals surface area contributed by atoms with Gasteiger partial charge in [-0.2, -0.15) is 4.98 Å². The van der Waals surface area contributed by atoms with Gasteiger partial charge in [0.2, 0.25) is 11.7 Å². The molecule has 0 aliphatic rings. The van der Waals surface area contributed by atoms with Crippen molar-refractivity contribution in [3.05, 3.63) is 87.6 Å². The molecule has 0 radical (unpaired) electrons. The minimum absolute atomic E-state index is 0.0414. The second-order valence-electron chi connectivity index (χ2n) is 7.58. The Balaban J connectivity index is 1.65. The maximum atomic E-state index is 13.2. The summed E-state index contributed by atoms with van der Waals surface area (Å²) in [5, 5.41) is 6.72. The highest BCUT2D eigenvalue weighted by molar-refractivity contribution is 5.90. The van der Waals surface area contributed by atoms with E-state index in [0.717, 1.165) is 5.56 Å². The van der Waals surface area contributed by atoms with Gasteiger partial charge in [0.1, 0.15) is 17.9 Å². The molecule has 0 unspecified atom stereocenters. The van der Waals surface area contributed by atoms with E-state index < -0.39 is 5.56 Å². The summed E-state index contributed by atoms with van der Waals surface area (Å²) in [4.78, 5) is 30.2. The lowest BCUT2D eigenvalue weighted by molar-refractivity contribution is -0.116. The third-order valence-electron chi connectivity index (χ3n) is 5.05. The number of nitrogens with zero attached hydrogens (tertiary/aromatic N) is 3. The number of hydrogen-bond acceptors (Lipinski definition) is 5. The van der Waals surface area contributed by atoms with Crippen LogP contribution in [-0.2, 0) is 11.3 Å². The fourth-order valence-electron chi connectivity index (χ4n) is 3.49. The van der Waals surface area contributed by atoms with Gasteiger partial charge in [-0.3, -0.25) is 9.59 Å². The average molecular weight is 432 g/mol. The average Bonchev–Trinajstić information content (AvgIpc) is 3.21. The van der Waals surface area contributed by atoms with Gasteiger partial charge in [-0.05, 0) is 74.4 Å². The fourth-order valence-corrected chi connectivity index (χ4v) is 3.49. The second kappa shape index (κ2) is 8.58. The maximum Gasteiger partial charge on any atom is 0.264 e. The van der Waals surface area contributed by atoms with Crippen LogP contribution < -0.4 is 10.9 Å². The highest BCUT2D eigenvalue weighted by Crippen LogP contribution is 2.23. The third kappa shape index (κ3) is 4.34. The number of anilines is 1. The molecule has 2 aromatic heterocycles. The molecule has 0 saturated heterocycles. The standard InChI is InChI=1S/C24H21FN4O3/c1-14-5-4-6-19(11-14)26-20(30)13-29-16(3)12-15(2)21(24(29)31)23-27-22(28-32-23)17-7-9-18(25)10-8-17/h4-12H,13H2,1-3H3,(H,26,30). The first-order chi connectivity index (χ1) is 15.3. The number of amides is 1. The third-order valence-corrected chi connectivity index (χ3v) is 5.05. The molecule has 0 aliphatic heterocycles. The highest BCUT2D eigenvalue weighted by atomic mass is 19.1. The largest absolute Gasteiger partial charge is 0.333 e. The number of halogens is 1. The molecule has 0 fully saturated rings. The van der Waals surface area contributed by atoms with Gasteiger partial charge in [-0.1, -0.05) is 17.3 Å². The Labute approximate surface area is 183 Å². The van der Waals surface area contributed by atoms with Crippen molar-refractivity contribution in [2.45, 2.75) is 27.3 Å². The summed E-state index contributed by atoms with van der Waals surface area (Å²) in [6, 6.07) is 14.9. The zero-order valence-corrected chi connectivity index (χ0v) is 17.8. The lowest BCUT2D eigenvalue weighted by Gasteiger charge is -2.13. The summed E-state index contributed by atoms with van der Waals surface area (Å²) >= 11 is 0. The first-order valence-electron chi connectivity index (χ1n) is 9.99. The Morgan fingerprint density at radius 2 is 1.84 bits per heavy atom. The van der Waals surface area contributed by atoms with Crippen LogP contribution in [0.1, 0.15) is 16.8 Å². The van der Waals surface area contributed by atoms with E-state index in [1.807, 2.05) is 25.1 Å². The van der Waals surface area contributed by atoms with Crippen molar-refractivity contribution in [1.82, 2.24) is 14.7 Å². The van der Waals surface area contributed by atoms with Gasteiger partial charge in [0.25, 0.3) is 11.4 Å². The Morgan fingerprint density at radius 3 is 2.56 bits per heavy atom. The number of nitrogens with one attached hydrogen (secondary N) is 1. The van der Waals surface area contributed by atoms with Crippen molar-refractivity contribution in [2.75, 3.05) is 5.32 Å². The monoisotopic (exact) mass is 432 g/mol. The van der Waals surface area contributed by atoms with Gasteiger partial charge in [-0.15, -0.1) is 0 Å². The van der Waals surface area contributed by atoms with Crippen LogP contribution in [0.4, 0.5) is 10.1 Å². The lowest BCUT2D eigenvalue weighted by Crippen LogP contribution is -2.30. The number of aryl methyl sites for hydroxylation is 3. The number of benzene rings is 2. The van der Waals surface area contributed by atoms with Gasteiger partial charge < -0.3 is 14.4 Å². The van der Waals surface area contributed by atoms with Gasteiger partial charge in [0.05, 0.1) is 0 Å². The van der Waals surface area contributed by atoms with E-state index in [1.165, 1.54) is 28.8 Å². The molecule has 2 heterocycles. The normalized spacial score (nSPS) is 10.9. The summed E-state index contributed by atoms with van der Waals surface area (Å²) in [5.74, 6) is -0.422. The second-order valence-corrected chi connectivity index (χ2v) is 7.58. The van der Waals surface area contributed by atoms with Crippen LogP contribution in [0.2, 0.25) is 0 Å². The number of rotatable bonds is 5. The van der Waals surface area contributed by atoms with Crippen molar-refractivity contribution in [1.29, 1.82) is 0 Å². The summed E-state index contributed by atoms with van der Waals surface area (Å²) in [6.07, 6.45) is 0. The van der Waals surface area contributed by atoms with Crippen molar-refractivity contribution in [3.63, 3.8) is 0 Å². The van der Waals surface area contributed by atoms with Crippen LogP contribution in [0.15, 0.2) is 63.9 Å². The number of pyridine rings is 1. The molecule has 1 N–H and O–H groups in total. The van der Waals surface area contributed by atoms with Crippen LogP contribution in [0.25, 0.3) is 22.8 Å². The molecule has 2 aromatic carbocycles. The Hall–Kier alpha value is -4.07. The molecule has 0 aliphatic carbocycles. The van der Waals surface area contributed by atoms with Crippen LogP contribution in [0.3, 0.4) is 0 Å². The van der Waals surface area contributed by atoms with E-state index in [4.69, 9.17) is 4.52 Å². The summed E-state index contributed by atoms with van der Waals surface area (Å²) in [5.41, 5.74) is 3.34. The molecule has 0 saturated carbocycles. The Morgan fingerprint density at radius 1 is 1.09 bits per heavy atom. The van der Waals surface area contributed by atoms with E-state index in [9.17, 15) is 14.0 Å². The quantitative estimate of drug-likeness (QED) is 0.509. The first kappa shape index (κ1) is 21.2. The fraction of sp³-hybridized carbons (Fsp3) is 0.167. The first-order valence-corrected chi connectivity index (χ1v) is 9.99. The molecular weight excluding hydrogens is 411 g/mol. The summed E-state index contributed by atoms with van der Waals surface area (Å²) in [7, 11) is 0. The van der Waals surface area contributed by atoms with Crippen molar-refractivity contribution < 1.29 is 13.7 Å². The van der Waals surface area contributed by atoms with E-state index in [-0.39, 0.29) is 35.5 Å². The van der Waals surface area contributed by atoms with Gasteiger partial charge >= 0.3 is 0 Å². The van der Waals surface area contributed by atoms with E-state index in [0.29, 0.717) is 22.5 Å². The molecule has 1 amide bonds. The van der Waals surface area contributed by atoms with E-state index in [2.05, 4.69) is 15.5 Å². The van der Waals surface area contributed by atoms with Crippen LogP contribution in [-0.4, -0.2) is 20.6 Å². The van der Waals surface area contributed by atoms with Gasteiger partial charge in [-0.25, -0.2) is 4.39 Å². The van der Waals surface area contributed by atoms with Crippen molar-refractivity contribution >= 4 is 11.6 Å². The predicted octanol–water partition coefficient (Wildman–Crippen LogP) is 4.27. The molecule has 0 bridgehead atoms. The highest BCUT2D eigenvalue weighted by Gasteiger charge is 2.20. The lowest BCUT2D eigenvalue weighted by atomic mass is 10.1. The molecule has 0 spiro atoms. The van der Waals surface area contributed by atoms with Crippen molar-refractivity contribution in [2.24, 2.45) is 0 Å². The SMILES string of the molecule is Cc1cccc(NC(=O)Cn2c(C)cc(C)c(-c3nc(-c4ccc(F)cc4)no3)c2=O)c1. The minimum atomic E-state index is -0.406. The molecule has 8 heteroatoms. The number of carbonyl (C=O) groups excluding carboxylic acids is 1. The Bertz CT molecular complexity index is 1360. The number of carbonyl (C=O) groups is 1. The minimum Gasteiger partial charge on any atom is -0.333 e. The van der Waals surface area contributed by atoms with E-state index >= 15 is 0 Å².